The summed E-state index contributed by atoms with van der Waals surface area (Å²) in [6.07, 6.45) is 0. The SMILES string of the molecule is C=S1N=C(P(P)PP)C(C(C)(C)C)=C1C(C)(C)C. The number of hydrogen-bond acceptors (Lipinski definition) is 1. The van der Waals surface area contributed by atoms with E-state index in [0.717, 1.165) is 7.96 Å². The summed E-state index contributed by atoms with van der Waals surface area (Å²) in [5.41, 5.74) is 3.12. The van der Waals surface area contributed by atoms with Crippen LogP contribution >= 0.6 is 43.8 Å². The Hall–Kier alpha value is 1.35. The molecule has 18 heavy (non-hydrogen) atoms. The molecule has 0 radical (unpaired) electrons. The van der Waals surface area contributed by atoms with E-state index in [1.165, 1.54) is 15.9 Å². The van der Waals surface area contributed by atoms with Gasteiger partial charge in [-0.3, -0.25) is 0 Å². The maximum Gasteiger partial charge on any atom is 0.0839 e. The predicted octanol–water partition coefficient (Wildman–Crippen LogP) is 6.02. The quantitative estimate of drug-likeness (QED) is 0.431. The summed E-state index contributed by atoms with van der Waals surface area (Å²) in [5, 5.41) is 0. The second-order valence-corrected chi connectivity index (χ2v) is 16.9. The molecule has 0 fully saturated rings. The van der Waals surface area contributed by atoms with E-state index >= 15 is 0 Å². The topological polar surface area (TPSA) is 12.4 Å². The van der Waals surface area contributed by atoms with E-state index in [4.69, 9.17) is 4.40 Å². The van der Waals surface area contributed by atoms with E-state index in [0.29, 0.717) is 0 Å². The standard InChI is InChI=1S/C12H25NP4S/c1-11(2,3)8-9(12(4,5)6)18(7)13-10(8)17(15)16-14/h16H,7,14-15H2,1-6H3. The largest absolute Gasteiger partial charge is 0.219 e. The highest BCUT2D eigenvalue weighted by Crippen LogP contribution is 2.71. The van der Waals surface area contributed by atoms with Crippen LogP contribution in [0.3, 0.4) is 0 Å². The molecule has 1 rings (SSSR count). The Balaban J connectivity index is 3.47. The molecule has 0 aromatic rings. The van der Waals surface area contributed by atoms with Gasteiger partial charge in [0.1, 0.15) is 0 Å². The van der Waals surface area contributed by atoms with Crippen LogP contribution in [0.4, 0.5) is 0 Å². The maximum absolute atomic E-state index is 4.92. The first-order valence-electron chi connectivity index (χ1n) is 5.89. The van der Waals surface area contributed by atoms with Gasteiger partial charge in [-0.2, -0.15) is 0 Å². The van der Waals surface area contributed by atoms with Crippen LogP contribution in [-0.2, 0) is 0 Å². The van der Waals surface area contributed by atoms with Crippen LogP contribution in [0.15, 0.2) is 14.9 Å². The number of allylic oxidation sites excluding steroid dienone is 2. The third-order valence-electron chi connectivity index (χ3n) is 2.68. The van der Waals surface area contributed by atoms with Crippen molar-refractivity contribution in [1.82, 2.24) is 0 Å². The molecule has 1 heterocycles. The zero-order chi connectivity index (χ0) is 14.3. The molecular formula is C12H25NP4S. The number of nitrogens with zero attached hydrogens (tertiary/aromatic N) is 1. The summed E-state index contributed by atoms with van der Waals surface area (Å²) < 4.78 is 4.92. The Morgan fingerprint density at radius 2 is 1.67 bits per heavy atom. The van der Waals surface area contributed by atoms with Crippen molar-refractivity contribution >= 4 is 55.1 Å². The van der Waals surface area contributed by atoms with Crippen molar-refractivity contribution in [2.45, 2.75) is 41.5 Å². The Bertz CT molecular complexity index is 426. The molecule has 0 aromatic carbocycles. The number of hydrogen-bond donors (Lipinski definition) is 0. The molecule has 104 valence electrons. The van der Waals surface area contributed by atoms with Crippen molar-refractivity contribution in [1.29, 1.82) is 0 Å². The summed E-state index contributed by atoms with van der Waals surface area (Å²) in [6, 6.07) is 0. The summed E-state index contributed by atoms with van der Waals surface area (Å²) in [4.78, 5) is 1.46. The van der Waals surface area contributed by atoms with E-state index in [1.807, 2.05) is 0 Å². The smallest absolute Gasteiger partial charge is 0.0839 e. The van der Waals surface area contributed by atoms with Crippen LogP contribution in [0.25, 0.3) is 0 Å². The second-order valence-electron chi connectivity index (χ2n) is 6.48. The molecule has 6 heteroatoms. The van der Waals surface area contributed by atoms with Crippen molar-refractivity contribution in [3.8, 4) is 0 Å². The van der Waals surface area contributed by atoms with Gasteiger partial charge in [-0.15, -0.1) is 17.9 Å². The van der Waals surface area contributed by atoms with Crippen molar-refractivity contribution in [3.05, 3.63) is 10.5 Å². The lowest BCUT2D eigenvalue weighted by atomic mass is 9.81. The third kappa shape index (κ3) is 3.71. The van der Waals surface area contributed by atoms with E-state index in [1.54, 1.807) is 0 Å². The Kier molecular flexibility index (Phi) is 5.80. The fourth-order valence-electron chi connectivity index (χ4n) is 2.05. The molecule has 0 spiro atoms. The van der Waals surface area contributed by atoms with E-state index < -0.39 is 0 Å². The van der Waals surface area contributed by atoms with Gasteiger partial charge < -0.3 is 0 Å². The van der Waals surface area contributed by atoms with Gasteiger partial charge in [0.2, 0.25) is 0 Å². The van der Waals surface area contributed by atoms with E-state index in [-0.39, 0.29) is 28.8 Å². The third-order valence-corrected chi connectivity index (χ3v) is 14.3. The maximum atomic E-state index is 4.92. The highest BCUT2D eigenvalue weighted by Gasteiger charge is 2.37. The fraction of sp³-hybridized carbons (Fsp3) is 0.667. The molecule has 1 nitrogen and oxygen atoms in total. The summed E-state index contributed by atoms with van der Waals surface area (Å²) >= 11 is 0. The van der Waals surface area contributed by atoms with Gasteiger partial charge in [-0.25, -0.2) is 4.40 Å². The lowest BCUT2D eigenvalue weighted by molar-refractivity contribution is 0.482. The molecule has 5 unspecified atom stereocenters. The monoisotopic (exact) mass is 339 g/mol. The van der Waals surface area contributed by atoms with Crippen molar-refractivity contribution in [3.63, 3.8) is 0 Å². The van der Waals surface area contributed by atoms with Gasteiger partial charge in [-0.05, 0) is 40.2 Å². The summed E-state index contributed by atoms with van der Waals surface area (Å²) in [6.45, 7) is 13.7. The summed E-state index contributed by atoms with van der Waals surface area (Å²) in [5.74, 6) is 4.30. The van der Waals surface area contributed by atoms with Gasteiger partial charge in [0.15, 0.2) is 0 Å². The van der Waals surface area contributed by atoms with Crippen LogP contribution in [-0.4, -0.2) is 11.3 Å². The summed E-state index contributed by atoms with van der Waals surface area (Å²) in [7, 11) is 6.32. The first-order chi connectivity index (χ1) is 8.00. The first-order valence-corrected chi connectivity index (χ1v) is 13.9. The van der Waals surface area contributed by atoms with Gasteiger partial charge in [0.25, 0.3) is 0 Å². The van der Waals surface area contributed by atoms with Crippen molar-refractivity contribution in [2.24, 2.45) is 15.2 Å². The van der Waals surface area contributed by atoms with E-state index in [2.05, 4.69) is 65.3 Å². The minimum absolute atomic E-state index is 0.155. The fourth-order valence-corrected chi connectivity index (χ4v) is 8.30. The van der Waals surface area contributed by atoms with Gasteiger partial charge in [0.05, 0.1) is 5.45 Å². The molecule has 0 aromatic heterocycles. The van der Waals surface area contributed by atoms with Gasteiger partial charge in [-0.1, -0.05) is 49.5 Å². The molecule has 0 aliphatic carbocycles. The number of rotatable bonds is 2. The molecule has 5 atom stereocenters. The zero-order valence-electron chi connectivity index (χ0n) is 12.2. The van der Waals surface area contributed by atoms with Gasteiger partial charge >= 0.3 is 0 Å². The molecule has 0 saturated carbocycles. The van der Waals surface area contributed by atoms with Crippen LogP contribution in [0.1, 0.15) is 41.5 Å². The zero-order valence-corrected chi connectivity index (χ0v) is 17.2. The molecule has 0 amide bonds. The Morgan fingerprint density at radius 1 is 1.17 bits per heavy atom. The van der Waals surface area contributed by atoms with Crippen LogP contribution in [0, 0.1) is 10.8 Å². The van der Waals surface area contributed by atoms with Gasteiger partial charge in [0, 0.05) is 4.91 Å². The average Bonchev–Trinajstić information content (AvgIpc) is 2.53. The Labute approximate surface area is 122 Å². The Morgan fingerprint density at radius 3 is 2.00 bits per heavy atom. The predicted molar refractivity (Wildman–Crippen MR) is 103 cm³/mol. The van der Waals surface area contributed by atoms with E-state index in [9.17, 15) is 0 Å². The normalized spacial score (nSPS) is 24.0. The average molecular weight is 339 g/mol. The van der Waals surface area contributed by atoms with Crippen molar-refractivity contribution in [2.75, 3.05) is 0 Å². The van der Waals surface area contributed by atoms with Crippen LogP contribution < -0.4 is 0 Å². The van der Waals surface area contributed by atoms with Crippen LogP contribution in [0.5, 0.6) is 0 Å². The molecule has 0 bridgehead atoms. The molecular weight excluding hydrogens is 314 g/mol. The second kappa shape index (κ2) is 6.00. The minimum Gasteiger partial charge on any atom is -0.219 e. The van der Waals surface area contributed by atoms with Crippen LogP contribution in [0.2, 0.25) is 0 Å². The first kappa shape index (κ1) is 17.4. The lowest BCUT2D eigenvalue weighted by Gasteiger charge is -2.30. The highest BCUT2D eigenvalue weighted by atomic mass is 32.6. The highest BCUT2D eigenvalue weighted by molar-refractivity contribution is 8.66. The lowest BCUT2D eigenvalue weighted by Crippen LogP contribution is -2.20. The minimum atomic E-state index is -0.217. The molecule has 0 N–H and O–H groups in total. The molecule has 1 aliphatic rings. The molecule has 1 aliphatic heterocycles. The molecule has 0 saturated heterocycles. The van der Waals surface area contributed by atoms with Crippen molar-refractivity contribution < 1.29 is 0 Å².